The molecule has 1 amide bonds. The number of esters is 1. The Morgan fingerprint density at radius 1 is 0.961 bits per heavy atom. The Labute approximate surface area is 312 Å². The number of aryl methyl sites for hydroxylation is 1. The highest BCUT2D eigenvalue weighted by Gasteiger charge is 2.29. The molecule has 0 N–H and O–H groups in total. The number of fused-ring (bicyclic) bond motifs is 2. The molecule has 0 saturated carbocycles. The predicted octanol–water partition coefficient (Wildman–Crippen LogP) is 9.92. The van der Waals surface area contributed by atoms with Crippen LogP contribution in [0.1, 0.15) is 106 Å². The molecule has 280 valence electrons. The summed E-state index contributed by atoms with van der Waals surface area (Å²) in [4.78, 5) is 41.3. The van der Waals surface area contributed by atoms with Gasteiger partial charge >= 0.3 is 5.97 Å². The third-order valence-electron chi connectivity index (χ3n) is 8.00. The molecule has 3 heterocycles. The fourth-order valence-corrected chi connectivity index (χ4v) is 7.06. The maximum atomic E-state index is 14.5. The largest absolute Gasteiger partial charge is 0.455 e. The van der Waals surface area contributed by atoms with Crippen molar-refractivity contribution in [1.82, 2.24) is 9.97 Å². The van der Waals surface area contributed by atoms with E-state index in [9.17, 15) is 9.59 Å². The topological polar surface area (TPSA) is 84.9 Å². The normalized spacial score (nSPS) is 13.0. The van der Waals surface area contributed by atoms with Crippen LogP contribution in [-0.2, 0) is 28.9 Å². The number of anilines is 2. The highest BCUT2D eigenvalue weighted by molar-refractivity contribution is 8.32. The first-order chi connectivity index (χ1) is 24.3. The fraction of sp³-hybridized carbons (Fsp3) is 0.512. The van der Waals surface area contributed by atoms with Crippen molar-refractivity contribution in [3.05, 3.63) is 82.5 Å². The third-order valence-corrected chi connectivity index (χ3v) is 10.5. The minimum Gasteiger partial charge on any atom is -0.455 e. The summed E-state index contributed by atoms with van der Waals surface area (Å²) in [6.07, 6.45) is 10.3. The summed E-state index contributed by atoms with van der Waals surface area (Å²) in [7, 11) is -0.731. The number of carbonyl (C=O) groups excluding carboxylic acids is 2. The lowest BCUT2D eigenvalue weighted by atomic mass is 9.94. The molecule has 0 radical (unpaired) electrons. The average molecular weight is 737 g/mol. The van der Waals surface area contributed by atoms with Crippen LogP contribution in [0.15, 0.2) is 54.6 Å². The second-order valence-corrected chi connectivity index (χ2v) is 19.5. The van der Waals surface area contributed by atoms with Crippen molar-refractivity contribution >= 4 is 54.4 Å². The van der Waals surface area contributed by atoms with Gasteiger partial charge in [-0.1, -0.05) is 82.7 Å². The van der Waals surface area contributed by atoms with Crippen LogP contribution >= 0.6 is 21.4 Å². The zero-order valence-corrected chi connectivity index (χ0v) is 34.4. The Morgan fingerprint density at radius 3 is 2.35 bits per heavy atom. The van der Waals surface area contributed by atoms with E-state index < -0.39 is 21.6 Å². The molecule has 51 heavy (non-hydrogen) atoms. The number of hydrogen-bond acceptors (Lipinski definition) is 8. The Bertz CT molecular complexity index is 1690. The molecule has 4 aromatic rings. The Balaban J connectivity index is 0.00000169. The number of ether oxygens (including phenoxy) is 2. The highest BCUT2D eigenvalue weighted by atomic mass is 32.3. The first-order valence-electron chi connectivity index (χ1n) is 18.3. The van der Waals surface area contributed by atoms with Gasteiger partial charge in [0.1, 0.15) is 18.1 Å². The van der Waals surface area contributed by atoms with E-state index in [1.165, 1.54) is 11.3 Å². The summed E-state index contributed by atoms with van der Waals surface area (Å²) in [5.74, 6) is 1.12. The number of amides is 1. The zero-order valence-electron chi connectivity index (χ0n) is 32.8. The van der Waals surface area contributed by atoms with Gasteiger partial charge in [-0.3, -0.25) is 9.69 Å². The van der Waals surface area contributed by atoms with Gasteiger partial charge in [-0.05, 0) is 99.8 Å². The Morgan fingerprint density at radius 2 is 1.69 bits per heavy atom. The lowest BCUT2D eigenvalue weighted by molar-refractivity contribution is 0.00614. The van der Waals surface area contributed by atoms with Gasteiger partial charge in [0.25, 0.3) is 5.91 Å². The Kier molecular flexibility index (Phi) is 15.9. The quantitative estimate of drug-likeness (QED) is 0.0813. The average Bonchev–Trinajstić information content (AvgIpc) is 3.54. The van der Waals surface area contributed by atoms with Crippen molar-refractivity contribution in [3.63, 3.8) is 0 Å². The summed E-state index contributed by atoms with van der Waals surface area (Å²) < 4.78 is 12.9. The maximum absolute atomic E-state index is 14.5. The summed E-state index contributed by atoms with van der Waals surface area (Å²) in [6.45, 7) is 17.7. The van der Waals surface area contributed by atoms with Gasteiger partial charge in [0, 0.05) is 24.4 Å². The van der Waals surface area contributed by atoms with Crippen LogP contribution < -0.4 is 9.80 Å². The molecule has 0 saturated heterocycles. The first-order valence-corrected chi connectivity index (χ1v) is 22.2. The van der Waals surface area contributed by atoms with Crippen molar-refractivity contribution in [1.29, 1.82) is 0 Å². The summed E-state index contributed by atoms with van der Waals surface area (Å²) in [5, 5.41) is 0.621. The van der Waals surface area contributed by atoms with Crippen LogP contribution in [0.2, 0.25) is 0 Å². The lowest BCUT2D eigenvalue weighted by Gasteiger charge is -2.32. The smallest absolute Gasteiger partial charge is 0.357 e. The summed E-state index contributed by atoms with van der Waals surface area (Å²) >= 11 is 1.50. The molecule has 0 bridgehead atoms. The fourth-order valence-electron chi connectivity index (χ4n) is 5.49. The van der Waals surface area contributed by atoms with Gasteiger partial charge in [0.15, 0.2) is 10.8 Å². The number of rotatable bonds is 12. The van der Waals surface area contributed by atoms with Crippen LogP contribution in [-0.4, -0.2) is 71.8 Å². The first kappa shape index (κ1) is 41.9. The molecule has 0 unspecified atom stereocenters. The van der Waals surface area contributed by atoms with Gasteiger partial charge < -0.3 is 14.4 Å². The van der Waals surface area contributed by atoms with Crippen LogP contribution in [0.5, 0.6) is 0 Å². The number of unbranched alkanes of at least 4 members (excludes halogenated alkanes) is 1. The molecule has 2 aromatic heterocycles. The molecule has 1 aliphatic rings. The predicted molar refractivity (Wildman–Crippen MR) is 219 cm³/mol. The number of carbonyl (C=O) groups is 2. The second kappa shape index (κ2) is 19.4. The van der Waals surface area contributed by atoms with E-state index in [0.29, 0.717) is 35.4 Å². The number of nitrogens with zero attached hydrogens (tertiary/aromatic N) is 4. The third kappa shape index (κ3) is 11.8. The van der Waals surface area contributed by atoms with Crippen LogP contribution in [0.25, 0.3) is 10.2 Å². The number of hydrogen-bond donors (Lipinski definition) is 0. The number of benzene rings is 2. The minimum atomic E-state index is -0.731. The minimum absolute atomic E-state index is 0.127. The second-order valence-electron chi connectivity index (χ2n) is 13.9. The van der Waals surface area contributed by atoms with Crippen molar-refractivity contribution in [2.24, 2.45) is 0 Å². The number of thiazole rings is 1. The molecule has 0 aliphatic carbocycles. The van der Waals surface area contributed by atoms with Crippen LogP contribution in [0, 0.1) is 0 Å². The molecule has 8 nitrogen and oxygen atoms in total. The van der Waals surface area contributed by atoms with E-state index in [-0.39, 0.29) is 12.6 Å². The molecule has 2 aromatic carbocycles. The van der Waals surface area contributed by atoms with Gasteiger partial charge in [-0.15, -0.1) is 0 Å². The molecule has 10 heteroatoms. The van der Waals surface area contributed by atoms with E-state index in [1.54, 1.807) is 4.90 Å². The van der Waals surface area contributed by atoms with Crippen LogP contribution in [0.4, 0.5) is 10.9 Å². The highest BCUT2D eigenvalue weighted by Crippen LogP contribution is 2.35. The molecular weight excluding hydrogens is 677 g/mol. The van der Waals surface area contributed by atoms with E-state index in [0.717, 1.165) is 64.9 Å². The van der Waals surface area contributed by atoms with Crippen molar-refractivity contribution in [2.75, 3.05) is 54.2 Å². The molecule has 5 rings (SSSR count). The van der Waals surface area contributed by atoms with Crippen LogP contribution in [0.3, 0.4) is 0 Å². The monoisotopic (exact) mass is 736 g/mol. The number of pyridine rings is 1. The molecule has 0 atom stereocenters. The molecule has 0 fully saturated rings. The van der Waals surface area contributed by atoms with Gasteiger partial charge in [0.05, 0.1) is 16.8 Å². The van der Waals surface area contributed by atoms with Crippen molar-refractivity contribution in [2.45, 2.75) is 93.2 Å². The molecular formula is C41H60N4O4S2. The van der Waals surface area contributed by atoms with E-state index >= 15 is 0 Å². The van der Waals surface area contributed by atoms with Crippen molar-refractivity contribution < 1.29 is 19.1 Å². The standard InChI is InChI=1S/C37H48N4O4S2.2C2H6/c1-8-9-13-27-18-19-32(39-33(27)35(43)45-37(2,3)4)40-21-20-26-14-12-15-28(29(26)24-40)34(42)41(25-44-22-23-47(5,6)7)36-38-30-16-10-11-17-31(30)46-36;2*1-2/h10-12,14-19H,8-9,13,20-25H2,1-7H3;2*1-2H3. The van der Waals surface area contributed by atoms with Gasteiger partial charge in [0.2, 0.25) is 0 Å². The van der Waals surface area contributed by atoms with Crippen molar-refractivity contribution in [3.8, 4) is 0 Å². The maximum Gasteiger partial charge on any atom is 0.357 e. The lowest BCUT2D eigenvalue weighted by Crippen LogP contribution is -2.37. The van der Waals surface area contributed by atoms with E-state index in [1.807, 2.05) is 97.0 Å². The summed E-state index contributed by atoms with van der Waals surface area (Å²) in [6, 6.07) is 17.9. The Hall–Kier alpha value is -3.47. The SMILES string of the molecule is CC.CC.CCCCc1ccc(N2CCc3cccc(C(=O)N(COCCS(C)(C)C)c4nc5ccccc5s4)c3C2)nc1C(=O)OC(C)(C)C. The van der Waals surface area contributed by atoms with Gasteiger partial charge in [-0.25, -0.2) is 24.8 Å². The molecule has 1 aliphatic heterocycles. The number of para-hydroxylation sites is 1. The molecule has 0 spiro atoms. The van der Waals surface area contributed by atoms with Gasteiger partial charge in [-0.2, -0.15) is 0 Å². The van der Waals surface area contributed by atoms with E-state index in [2.05, 4.69) is 36.7 Å². The van der Waals surface area contributed by atoms with E-state index in [4.69, 9.17) is 19.4 Å². The zero-order chi connectivity index (χ0) is 37.8. The summed E-state index contributed by atoms with van der Waals surface area (Å²) in [5.41, 5.74) is 4.24. The number of aromatic nitrogens is 2.